The fourth-order valence-electron chi connectivity index (χ4n) is 1.97. The minimum atomic E-state index is -1.10. The molecule has 0 bridgehead atoms. The molecule has 2 aromatic carbocycles. The van der Waals surface area contributed by atoms with E-state index in [1.165, 1.54) is 42.5 Å². The van der Waals surface area contributed by atoms with Crippen molar-refractivity contribution in [1.29, 1.82) is 5.26 Å². The number of nitro groups is 1. The van der Waals surface area contributed by atoms with Gasteiger partial charge >= 0.3 is 5.97 Å². The molecule has 0 aromatic heterocycles. The van der Waals surface area contributed by atoms with Gasteiger partial charge in [-0.1, -0.05) is 12.1 Å². The lowest BCUT2D eigenvalue weighted by atomic mass is 10.1. The number of anilines is 1. The molecule has 0 aliphatic heterocycles. The summed E-state index contributed by atoms with van der Waals surface area (Å²) in [4.78, 5) is 33.3. The first-order valence-electron chi connectivity index (χ1n) is 6.92. The Bertz CT molecular complexity index is 911. The number of para-hydroxylation sites is 1. The number of amides is 1. The molecule has 0 spiro atoms. The number of benzene rings is 2. The quantitative estimate of drug-likeness (QED) is 0.373. The van der Waals surface area contributed by atoms with E-state index in [1.807, 2.05) is 0 Å². The van der Waals surface area contributed by atoms with Crippen molar-refractivity contribution in [3.05, 3.63) is 75.3 Å². The molecule has 0 fully saturated rings. The predicted molar refractivity (Wildman–Crippen MR) is 88.7 cm³/mol. The standard InChI is InChI=1S/C17H11N3O5/c18-10-13(9-12-3-1-2-4-15(12)20(24)25)16(21)19-14-7-5-11(6-8-14)17(22)23/h1-9H,(H,19,21)(H,22,23)/b13-9+. The number of nitrogens with zero attached hydrogens (tertiary/aromatic N) is 2. The molecule has 0 aliphatic rings. The number of nitro benzene ring substituents is 1. The van der Waals surface area contributed by atoms with Gasteiger partial charge in [-0.25, -0.2) is 4.79 Å². The van der Waals surface area contributed by atoms with Gasteiger partial charge in [0.25, 0.3) is 11.6 Å². The van der Waals surface area contributed by atoms with Gasteiger partial charge in [-0.15, -0.1) is 0 Å². The van der Waals surface area contributed by atoms with Crippen LogP contribution < -0.4 is 5.32 Å². The first-order chi connectivity index (χ1) is 11.9. The maximum Gasteiger partial charge on any atom is 0.335 e. The minimum Gasteiger partial charge on any atom is -0.478 e. The third kappa shape index (κ3) is 4.27. The van der Waals surface area contributed by atoms with Gasteiger partial charge in [0.2, 0.25) is 0 Å². The third-order valence-electron chi connectivity index (χ3n) is 3.19. The van der Waals surface area contributed by atoms with Crippen LogP contribution in [0.4, 0.5) is 11.4 Å². The zero-order valence-corrected chi connectivity index (χ0v) is 12.7. The van der Waals surface area contributed by atoms with E-state index < -0.39 is 16.8 Å². The molecule has 0 atom stereocenters. The summed E-state index contributed by atoms with van der Waals surface area (Å²) < 4.78 is 0. The molecule has 0 aliphatic carbocycles. The fraction of sp³-hybridized carbons (Fsp3) is 0. The Morgan fingerprint density at radius 1 is 1.16 bits per heavy atom. The second-order valence-electron chi connectivity index (χ2n) is 4.82. The maximum atomic E-state index is 12.2. The first-order valence-corrected chi connectivity index (χ1v) is 6.92. The van der Waals surface area contributed by atoms with Crippen LogP contribution in [-0.4, -0.2) is 21.9 Å². The minimum absolute atomic E-state index is 0.0500. The molecule has 0 radical (unpaired) electrons. The summed E-state index contributed by atoms with van der Waals surface area (Å²) in [6.45, 7) is 0. The summed E-state index contributed by atoms with van der Waals surface area (Å²) >= 11 is 0. The second-order valence-corrected chi connectivity index (χ2v) is 4.82. The number of carbonyl (C=O) groups excluding carboxylic acids is 1. The molecule has 0 saturated carbocycles. The normalized spacial score (nSPS) is 10.6. The molecular weight excluding hydrogens is 326 g/mol. The highest BCUT2D eigenvalue weighted by Crippen LogP contribution is 2.21. The van der Waals surface area contributed by atoms with E-state index in [1.54, 1.807) is 12.1 Å². The van der Waals surface area contributed by atoms with Crippen molar-refractivity contribution in [1.82, 2.24) is 0 Å². The molecule has 0 saturated heterocycles. The lowest BCUT2D eigenvalue weighted by Crippen LogP contribution is -2.13. The molecule has 2 aromatic rings. The predicted octanol–water partition coefficient (Wildman–Crippen LogP) is 2.84. The van der Waals surface area contributed by atoms with Crippen LogP contribution in [0, 0.1) is 21.4 Å². The van der Waals surface area contributed by atoms with Gasteiger partial charge in [-0.3, -0.25) is 14.9 Å². The van der Waals surface area contributed by atoms with E-state index >= 15 is 0 Å². The van der Waals surface area contributed by atoms with Gasteiger partial charge in [0, 0.05) is 11.8 Å². The van der Waals surface area contributed by atoms with Crippen LogP contribution in [-0.2, 0) is 4.79 Å². The first kappa shape index (κ1) is 17.4. The topological polar surface area (TPSA) is 133 Å². The summed E-state index contributed by atoms with van der Waals surface area (Å²) in [7, 11) is 0. The van der Waals surface area contributed by atoms with Crippen molar-refractivity contribution in [2.24, 2.45) is 0 Å². The van der Waals surface area contributed by atoms with Crippen molar-refractivity contribution in [2.75, 3.05) is 5.32 Å². The van der Waals surface area contributed by atoms with E-state index in [4.69, 9.17) is 10.4 Å². The number of carboxylic acids is 1. The van der Waals surface area contributed by atoms with Crippen molar-refractivity contribution in [3.63, 3.8) is 0 Å². The number of hydrogen-bond acceptors (Lipinski definition) is 5. The van der Waals surface area contributed by atoms with E-state index in [0.29, 0.717) is 5.69 Å². The average molecular weight is 337 g/mol. The summed E-state index contributed by atoms with van der Waals surface area (Å²) in [5.41, 5.74) is -0.0847. The van der Waals surface area contributed by atoms with Gasteiger partial charge in [0.1, 0.15) is 11.6 Å². The summed E-state index contributed by atoms with van der Waals surface area (Å²) in [5.74, 6) is -1.87. The molecular formula is C17H11N3O5. The molecule has 25 heavy (non-hydrogen) atoms. The number of aromatic carboxylic acids is 1. The largest absolute Gasteiger partial charge is 0.478 e. The van der Waals surface area contributed by atoms with Gasteiger partial charge < -0.3 is 10.4 Å². The molecule has 2 N–H and O–H groups in total. The van der Waals surface area contributed by atoms with Crippen molar-refractivity contribution < 1.29 is 19.6 Å². The average Bonchev–Trinajstić information content (AvgIpc) is 2.60. The Morgan fingerprint density at radius 3 is 2.36 bits per heavy atom. The van der Waals surface area contributed by atoms with Crippen LogP contribution in [0.3, 0.4) is 0 Å². The van der Waals surface area contributed by atoms with Crippen molar-refractivity contribution in [3.8, 4) is 6.07 Å². The molecule has 0 unspecified atom stereocenters. The van der Waals surface area contributed by atoms with Crippen LogP contribution in [0.2, 0.25) is 0 Å². The van der Waals surface area contributed by atoms with Crippen LogP contribution in [0.1, 0.15) is 15.9 Å². The van der Waals surface area contributed by atoms with Gasteiger partial charge in [-0.05, 0) is 36.4 Å². The molecule has 124 valence electrons. The highest BCUT2D eigenvalue weighted by Gasteiger charge is 2.15. The van der Waals surface area contributed by atoms with Gasteiger partial charge in [0.15, 0.2) is 0 Å². The molecule has 2 rings (SSSR count). The molecule has 8 heteroatoms. The number of nitriles is 1. The Kier molecular flexibility index (Phi) is 5.22. The lowest BCUT2D eigenvalue weighted by Gasteiger charge is -2.05. The second kappa shape index (κ2) is 7.52. The van der Waals surface area contributed by atoms with Crippen molar-refractivity contribution >= 4 is 29.3 Å². The van der Waals surface area contributed by atoms with Crippen molar-refractivity contribution in [2.45, 2.75) is 0 Å². The maximum absolute atomic E-state index is 12.2. The van der Waals surface area contributed by atoms with Gasteiger partial charge in [0.05, 0.1) is 16.1 Å². The van der Waals surface area contributed by atoms with E-state index in [0.717, 1.165) is 6.08 Å². The summed E-state index contributed by atoms with van der Waals surface area (Å²) in [6, 6.07) is 12.8. The SMILES string of the molecule is N#C/C(=C\c1ccccc1[N+](=O)[O-])C(=O)Nc1ccc(C(=O)O)cc1. The zero-order chi connectivity index (χ0) is 18.4. The molecule has 0 heterocycles. The Balaban J connectivity index is 2.26. The fourth-order valence-corrected chi connectivity index (χ4v) is 1.97. The smallest absolute Gasteiger partial charge is 0.335 e. The Hall–Kier alpha value is -3.99. The third-order valence-corrected chi connectivity index (χ3v) is 3.19. The highest BCUT2D eigenvalue weighted by molar-refractivity contribution is 6.10. The lowest BCUT2D eigenvalue weighted by molar-refractivity contribution is -0.385. The Morgan fingerprint density at radius 2 is 1.80 bits per heavy atom. The summed E-state index contributed by atoms with van der Waals surface area (Å²) in [5, 5.41) is 31.4. The monoisotopic (exact) mass is 337 g/mol. The van der Waals surface area contributed by atoms with Crippen LogP contribution in [0.5, 0.6) is 0 Å². The van der Waals surface area contributed by atoms with Crippen LogP contribution in [0.25, 0.3) is 6.08 Å². The number of hydrogen-bond donors (Lipinski definition) is 2. The Labute approximate surface area is 141 Å². The van der Waals surface area contributed by atoms with E-state index in [-0.39, 0.29) is 22.4 Å². The number of carboxylic acid groups (broad SMARTS) is 1. The molecule has 8 nitrogen and oxygen atoms in total. The van der Waals surface area contributed by atoms with Gasteiger partial charge in [-0.2, -0.15) is 5.26 Å². The van der Waals surface area contributed by atoms with E-state index in [9.17, 15) is 19.7 Å². The van der Waals surface area contributed by atoms with Crippen LogP contribution >= 0.6 is 0 Å². The van der Waals surface area contributed by atoms with Crippen LogP contribution in [0.15, 0.2) is 54.1 Å². The van der Waals surface area contributed by atoms with E-state index in [2.05, 4.69) is 5.32 Å². The number of rotatable bonds is 5. The zero-order valence-electron chi connectivity index (χ0n) is 12.7. The number of nitrogens with one attached hydrogen (secondary N) is 1. The highest BCUT2D eigenvalue weighted by atomic mass is 16.6. The summed E-state index contributed by atoms with van der Waals surface area (Å²) in [6.07, 6.45) is 1.12. The number of carbonyl (C=O) groups is 2. The molecule has 1 amide bonds.